The molecule has 0 saturated carbocycles. The fourth-order valence-corrected chi connectivity index (χ4v) is 4.40. The van der Waals surface area contributed by atoms with Crippen LogP contribution in [0.4, 0.5) is 0 Å². The highest BCUT2D eigenvalue weighted by Gasteiger charge is 2.31. The molecule has 0 aromatic heterocycles. The van der Waals surface area contributed by atoms with Crippen LogP contribution in [0, 0.1) is 5.92 Å². The third kappa shape index (κ3) is 5.43. The van der Waals surface area contributed by atoms with E-state index in [1.54, 1.807) is 12.0 Å². The quantitative estimate of drug-likeness (QED) is 0.578. The van der Waals surface area contributed by atoms with E-state index in [4.69, 9.17) is 4.74 Å². The van der Waals surface area contributed by atoms with Gasteiger partial charge in [0.15, 0.2) is 0 Å². The number of benzene rings is 3. The van der Waals surface area contributed by atoms with Gasteiger partial charge in [-0.1, -0.05) is 66.7 Å². The Morgan fingerprint density at radius 1 is 0.939 bits per heavy atom. The second-order valence-corrected chi connectivity index (χ2v) is 8.55. The Morgan fingerprint density at radius 2 is 1.64 bits per heavy atom. The summed E-state index contributed by atoms with van der Waals surface area (Å²) in [6.45, 7) is 1.53. The Kier molecular flexibility index (Phi) is 7.08. The lowest BCUT2D eigenvalue weighted by atomic mass is 9.91. The van der Waals surface area contributed by atoms with E-state index in [0.717, 1.165) is 28.0 Å². The fraction of sp³-hybridized carbons (Fsp3) is 0.286. The topological polar surface area (TPSA) is 49.9 Å². The van der Waals surface area contributed by atoms with E-state index in [-0.39, 0.29) is 17.7 Å². The molecule has 5 heteroatoms. The molecule has 1 unspecified atom stereocenters. The Hall–Kier alpha value is -3.60. The van der Waals surface area contributed by atoms with Gasteiger partial charge in [0.2, 0.25) is 11.8 Å². The van der Waals surface area contributed by atoms with Gasteiger partial charge in [0.25, 0.3) is 0 Å². The van der Waals surface area contributed by atoms with E-state index < -0.39 is 0 Å². The van der Waals surface area contributed by atoms with Crippen molar-refractivity contribution < 1.29 is 14.3 Å². The minimum absolute atomic E-state index is 0.0459. The summed E-state index contributed by atoms with van der Waals surface area (Å²) in [7, 11) is 3.46. The lowest BCUT2D eigenvalue weighted by Gasteiger charge is -2.24. The van der Waals surface area contributed by atoms with Crippen molar-refractivity contribution in [3.63, 3.8) is 0 Å². The van der Waals surface area contributed by atoms with Gasteiger partial charge in [-0.05, 0) is 40.8 Å². The molecule has 3 aromatic carbocycles. The molecular formula is C28H30N2O3. The average Bonchev–Trinajstić information content (AvgIpc) is 2.99. The molecule has 1 aliphatic heterocycles. The predicted molar refractivity (Wildman–Crippen MR) is 130 cm³/mol. The highest BCUT2D eigenvalue weighted by Crippen LogP contribution is 2.27. The maximum Gasteiger partial charge on any atom is 0.227 e. The van der Waals surface area contributed by atoms with Crippen LogP contribution < -0.4 is 4.74 Å². The lowest BCUT2D eigenvalue weighted by molar-refractivity contribution is -0.133. The van der Waals surface area contributed by atoms with Gasteiger partial charge in [0.1, 0.15) is 5.75 Å². The monoisotopic (exact) mass is 442 g/mol. The molecule has 4 rings (SSSR count). The van der Waals surface area contributed by atoms with Gasteiger partial charge in [-0.3, -0.25) is 9.59 Å². The number of rotatable bonds is 6. The minimum Gasteiger partial charge on any atom is -0.497 e. The summed E-state index contributed by atoms with van der Waals surface area (Å²) in [6, 6.07) is 26.0. The van der Waals surface area contributed by atoms with E-state index >= 15 is 0 Å². The van der Waals surface area contributed by atoms with Crippen LogP contribution in [0.25, 0.3) is 11.1 Å². The largest absolute Gasteiger partial charge is 0.497 e. The zero-order valence-electron chi connectivity index (χ0n) is 19.2. The molecular weight excluding hydrogens is 412 g/mol. The van der Waals surface area contributed by atoms with Crippen molar-refractivity contribution in [1.29, 1.82) is 0 Å². The fourth-order valence-electron chi connectivity index (χ4n) is 4.40. The third-order valence-electron chi connectivity index (χ3n) is 6.31. The molecule has 1 saturated heterocycles. The van der Waals surface area contributed by atoms with Crippen molar-refractivity contribution in [2.24, 2.45) is 5.92 Å². The van der Waals surface area contributed by atoms with Crippen molar-refractivity contribution in [2.45, 2.75) is 12.8 Å². The van der Waals surface area contributed by atoms with Gasteiger partial charge in [0, 0.05) is 26.7 Å². The van der Waals surface area contributed by atoms with Crippen LogP contribution in [0.2, 0.25) is 0 Å². The summed E-state index contributed by atoms with van der Waals surface area (Å²) in [5, 5.41) is 0. The molecule has 0 radical (unpaired) electrons. The van der Waals surface area contributed by atoms with E-state index in [9.17, 15) is 9.59 Å². The molecule has 3 aromatic rings. The van der Waals surface area contributed by atoms with Crippen LogP contribution in [-0.4, -0.2) is 55.4 Å². The average molecular weight is 443 g/mol. The first-order chi connectivity index (χ1) is 16.0. The molecule has 0 N–H and O–H groups in total. The summed E-state index contributed by atoms with van der Waals surface area (Å²) in [6.07, 6.45) is 0.912. The number of amides is 2. The van der Waals surface area contributed by atoms with E-state index in [2.05, 4.69) is 24.3 Å². The van der Waals surface area contributed by atoms with Crippen LogP contribution in [0.15, 0.2) is 78.9 Å². The zero-order valence-corrected chi connectivity index (χ0v) is 19.2. The lowest BCUT2D eigenvalue weighted by Crippen LogP contribution is -2.38. The van der Waals surface area contributed by atoms with Crippen LogP contribution in [0.1, 0.15) is 11.1 Å². The van der Waals surface area contributed by atoms with Crippen LogP contribution in [0.5, 0.6) is 5.75 Å². The Balaban J connectivity index is 1.53. The molecule has 1 fully saturated rings. The van der Waals surface area contributed by atoms with Crippen molar-refractivity contribution >= 4 is 11.8 Å². The number of nitrogens with zero attached hydrogens (tertiary/aromatic N) is 2. The molecule has 5 nitrogen and oxygen atoms in total. The standard InChI is InChI=1S/C28H30N2O3/c1-29-16-17-30(27(31)18-21-12-14-25(33-2)15-13-21)20-24(28(29)32)19-23-10-6-7-11-26(23)22-8-4-3-5-9-22/h3-15,24H,16-20H2,1-2H3. The highest BCUT2D eigenvalue weighted by atomic mass is 16.5. The predicted octanol–water partition coefficient (Wildman–Crippen LogP) is 4.06. The van der Waals surface area contributed by atoms with E-state index in [1.165, 1.54) is 0 Å². The molecule has 33 heavy (non-hydrogen) atoms. The summed E-state index contributed by atoms with van der Waals surface area (Å²) in [4.78, 5) is 29.9. The van der Waals surface area contributed by atoms with Gasteiger partial charge < -0.3 is 14.5 Å². The number of hydrogen-bond donors (Lipinski definition) is 0. The summed E-state index contributed by atoms with van der Waals surface area (Å²) in [5.74, 6) is 0.634. The highest BCUT2D eigenvalue weighted by molar-refractivity contribution is 5.83. The molecule has 1 atom stereocenters. The number of carbonyl (C=O) groups excluding carboxylic acids is 2. The Labute approximate surface area is 195 Å². The number of ether oxygens (including phenoxy) is 1. The van der Waals surface area contributed by atoms with Crippen LogP contribution in [-0.2, 0) is 22.4 Å². The first kappa shape index (κ1) is 22.6. The van der Waals surface area contributed by atoms with Gasteiger partial charge in [-0.15, -0.1) is 0 Å². The normalized spacial score (nSPS) is 16.4. The van der Waals surface area contributed by atoms with Gasteiger partial charge in [-0.25, -0.2) is 0 Å². The Morgan fingerprint density at radius 3 is 2.36 bits per heavy atom. The first-order valence-electron chi connectivity index (χ1n) is 11.3. The van der Waals surface area contributed by atoms with Crippen molar-refractivity contribution in [1.82, 2.24) is 9.80 Å². The number of likely N-dealkylation sites (N-methyl/N-ethyl adjacent to an activating group) is 1. The second-order valence-electron chi connectivity index (χ2n) is 8.55. The second kappa shape index (κ2) is 10.3. The molecule has 1 heterocycles. The molecule has 2 amide bonds. The molecule has 1 aliphatic rings. The Bertz CT molecular complexity index is 1100. The van der Waals surface area contributed by atoms with Crippen LogP contribution >= 0.6 is 0 Å². The third-order valence-corrected chi connectivity index (χ3v) is 6.31. The maximum atomic E-state index is 13.2. The van der Waals surface area contributed by atoms with Crippen molar-refractivity contribution in [3.8, 4) is 16.9 Å². The SMILES string of the molecule is COc1ccc(CC(=O)N2CCN(C)C(=O)C(Cc3ccccc3-c3ccccc3)C2)cc1. The first-order valence-corrected chi connectivity index (χ1v) is 11.3. The minimum atomic E-state index is -0.276. The smallest absolute Gasteiger partial charge is 0.227 e. The van der Waals surface area contributed by atoms with E-state index in [0.29, 0.717) is 32.5 Å². The van der Waals surface area contributed by atoms with Gasteiger partial charge >= 0.3 is 0 Å². The molecule has 0 aliphatic carbocycles. The van der Waals surface area contributed by atoms with Crippen LogP contribution in [0.3, 0.4) is 0 Å². The van der Waals surface area contributed by atoms with Crippen molar-refractivity contribution in [3.05, 3.63) is 90.0 Å². The summed E-state index contributed by atoms with van der Waals surface area (Å²) in [5.41, 5.74) is 4.33. The zero-order chi connectivity index (χ0) is 23.2. The van der Waals surface area contributed by atoms with E-state index in [1.807, 2.05) is 66.5 Å². The van der Waals surface area contributed by atoms with Crippen molar-refractivity contribution in [2.75, 3.05) is 33.8 Å². The number of hydrogen-bond acceptors (Lipinski definition) is 3. The van der Waals surface area contributed by atoms with Gasteiger partial charge in [-0.2, -0.15) is 0 Å². The summed E-state index contributed by atoms with van der Waals surface area (Å²) >= 11 is 0. The maximum absolute atomic E-state index is 13.2. The molecule has 0 spiro atoms. The summed E-state index contributed by atoms with van der Waals surface area (Å²) < 4.78 is 5.20. The number of carbonyl (C=O) groups is 2. The molecule has 170 valence electrons. The number of methoxy groups -OCH3 is 1. The molecule has 0 bridgehead atoms. The van der Waals surface area contributed by atoms with Gasteiger partial charge in [0.05, 0.1) is 19.4 Å².